The molecule has 4 unspecified atom stereocenters. The lowest BCUT2D eigenvalue weighted by Gasteiger charge is -2.26. The van der Waals surface area contributed by atoms with Crippen molar-refractivity contribution in [2.45, 2.75) is 46.2 Å². The number of aryl methyl sites for hydroxylation is 2. The Labute approximate surface area is 121 Å². The summed E-state index contributed by atoms with van der Waals surface area (Å²) in [7, 11) is 0. The lowest BCUT2D eigenvalue weighted by molar-refractivity contribution is 0.326. The molecule has 0 heterocycles. The highest BCUT2D eigenvalue weighted by Gasteiger charge is 2.38. The van der Waals surface area contributed by atoms with Crippen LogP contribution in [0.2, 0.25) is 0 Å². The zero-order chi connectivity index (χ0) is 14.3. The predicted octanol–water partition coefficient (Wildman–Crippen LogP) is 4.13. The lowest BCUT2D eigenvalue weighted by atomic mass is 9.87. The fourth-order valence-corrected chi connectivity index (χ4v) is 3.97. The van der Waals surface area contributed by atoms with Crippen molar-refractivity contribution in [2.75, 3.05) is 0 Å². The molecule has 108 valence electrons. The van der Waals surface area contributed by atoms with Gasteiger partial charge in [-0.15, -0.1) is 0 Å². The van der Waals surface area contributed by atoms with Crippen LogP contribution < -0.4 is 5.32 Å². The molecule has 0 aromatic heterocycles. The normalized spacial score (nSPS) is 29.1. The number of hydrogen-bond donors (Lipinski definition) is 1. The topological polar surface area (TPSA) is 12.0 Å². The first-order valence-corrected chi connectivity index (χ1v) is 7.72. The van der Waals surface area contributed by atoms with Crippen molar-refractivity contribution in [3.63, 3.8) is 0 Å². The van der Waals surface area contributed by atoms with Crippen LogP contribution in [0.5, 0.6) is 0 Å². The summed E-state index contributed by atoms with van der Waals surface area (Å²) in [6.07, 6.45) is 7.48. The second kappa shape index (κ2) is 5.33. The van der Waals surface area contributed by atoms with Crippen LogP contribution in [0.4, 0.5) is 4.39 Å². The molecule has 1 aromatic carbocycles. The summed E-state index contributed by atoms with van der Waals surface area (Å²) in [4.78, 5) is 0. The van der Waals surface area contributed by atoms with E-state index in [0.29, 0.717) is 6.04 Å². The number of benzene rings is 1. The van der Waals surface area contributed by atoms with E-state index in [2.05, 4.69) is 24.4 Å². The summed E-state index contributed by atoms with van der Waals surface area (Å²) in [5.41, 5.74) is 2.68. The van der Waals surface area contributed by atoms with E-state index in [-0.39, 0.29) is 5.82 Å². The van der Waals surface area contributed by atoms with Gasteiger partial charge in [0.2, 0.25) is 0 Å². The Morgan fingerprint density at radius 1 is 1.20 bits per heavy atom. The van der Waals surface area contributed by atoms with E-state index in [9.17, 15) is 4.39 Å². The smallest absolute Gasteiger partial charge is 0.129 e. The fraction of sp³-hybridized carbons (Fsp3) is 0.556. The van der Waals surface area contributed by atoms with E-state index in [1.54, 1.807) is 0 Å². The van der Waals surface area contributed by atoms with Crippen LogP contribution in [0.1, 0.15) is 36.5 Å². The molecule has 1 aromatic rings. The van der Waals surface area contributed by atoms with Crippen LogP contribution >= 0.6 is 0 Å². The molecular weight excluding hydrogens is 249 g/mol. The third-order valence-corrected chi connectivity index (χ3v) is 5.10. The summed E-state index contributed by atoms with van der Waals surface area (Å²) in [6.45, 7) is 6.81. The van der Waals surface area contributed by atoms with Gasteiger partial charge in [0.1, 0.15) is 5.82 Å². The minimum atomic E-state index is -0.0694. The molecular formula is C18H24FN. The molecule has 1 fully saturated rings. The van der Waals surface area contributed by atoms with E-state index in [1.807, 2.05) is 26.0 Å². The summed E-state index contributed by atoms with van der Waals surface area (Å²) in [5.74, 6) is 2.30. The van der Waals surface area contributed by atoms with E-state index in [0.717, 1.165) is 35.4 Å². The van der Waals surface area contributed by atoms with Crippen molar-refractivity contribution in [3.8, 4) is 0 Å². The largest absolute Gasteiger partial charge is 0.310 e. The van der Waals surface area contributed by atoms with Crippen molar-refractivity contribution < 1.29 is 4.39 Å². The maximum absolute atomic E-state index is 13.6. The van der Waals surface area contributed by atoms with Crippen LogP contribution in [0.3, 0.4) is 0 Å². The molecule has 1 N–H and O–H groups in total. The van der Waals surface area contributed by atoms with Crippen LogP contribution in [0, 0.1) is 37.4 Å². The predicted molar refractivity (Wildman–Crippen MR) is 81.0 cm³/mol. The van der Waals surface area contributed by atoms with Crippen molar-refractivity contribution in [2.24, 2.45) is 17.8 Å². The average Bonchev–Trinajstić information content (AvgIpc) is 3.04. The third-order valence-electron chi connectivity index (χ3n) is 5.10. The summed E-state index contributed by atoms with van der Waals surface area (Å²) in [6, 6.07) is 4.45. The minimum Gasteiger partial charge on any atom is -0.310 e. The van der Waals surface area contributed by atoms with Crippen molar-refractivity contribution >= 4 is 0 Å². The minimum absolute atomic E-state index is 0.0694. The monoisotopic (exact) mass is 273 g/mol. The molecule has 2 bridgehead atoms. The van der Waals surface area contributed by atoms with Crippen molar-refractivity contribution in [1.29, 1.82) is 0 Å². The lowest BCUT2D eigenvalue weighted by Crippen LogP contribution is -2.35. The van der Waals surface area contributed by atoms with Crippen LogP contribution in [0.25, 0.3) is 0 Å². The Bertz CT molecular complexity index is 511. The van der Waals surface area contributed by atoms with Gasteiger partial charge in [-0.2, -0.15) is 0 Å². The second-order valence-electron chi connectivity index (χ2n) is 6.66. The molecule has 20 heavy (non-hydrogen) atoms. The Hall–Kier alpha value is -1.15. The zero-order valence-corrected chi connectivity index (χ0v) is 12.6. The molecule has 0 amide bonds. The van der Waals surface area contributed by atoms with Gasteiger partial charge in [0.05, 0.1) is 0 Å². The Morgan fingerprint density at radius 2 is 1.90 bits per heavy atom. The first-order chi connectivity index (χ1) is 9.54. The number of hydrogen-bond acceptors (Lipinski definition) is 1. The Morgan fingerprint density at radius 3 is 2.45 bits per heavy atom. The van der Waals surface area contributed by atoms with Gasteiger partial charge in [-0.05, 0) is 68.1 Å². The molecule has 2 heteroatoms. The summed E-state index contributed by atoms with van der Waals surface area (Å²) < 4.78 is 13.6. The standard InChI is InChI=1S/C18H24FN/c1-11-6-15(7-12(2)18(11)19)10-20-13(3)17-9-14-4-5-16(17)8-14/h4-7,13-14,16-17,20H,8-10H2,1-3H3. The Balaban J connectivity index is 1.61. The van der Waals surface area contributed by atoms with Gasteiger partial charge in [0.15, 0.2) is 0 Å². The maximum Gasteiger partial charge on any atom is 0.129 e. The fourth-order valence-electron chi connectivity index (χ4n) is 3.97. The molecule has 0 spiro atoms. The highest BCUT2D eigenvalue weighted by molar-refractivity contribution is 5.30. The maximum atomic E-state index is 13.6. The van der Waals surface area contributed by atoms with Gasteiger partial charge in [-0.25, -0.2) is 4.39 Å². The van der Waals surface area contributed by atoms with Crippen LogP contribution in [0.15, 0.2) is 24.3 Å². The number of nitrogens with one attached hydrogen (secondary N) is 1. The van der Waals surface area contributed by atoms with E-state index in [4.69, 9.17) is 0 Å². The van der Waals surface area contributed by atoms with Crippen molar-refractivity contribution in [3.05, 3.63) is 46.8 Å². The van der Waals surface area contributed by atoms with Gasteiger partial charge in [0.25, 0.3) is 0 Å². The third kappa shape index (κ3) is 2.54. The molecule has 4 atom stereocenters. The molecule has 0 aliphatic heterocycles. The number of fused-ring (bicyclic) bond motifs is 2. The molecule has 0 saturated heterocycles. The molecule has 1 nitrogen and oxygen atoms in total. The highest BCUT2D eigenvalue weighted by Crippen LogP contribution is 2.44. The highest BCUT2D eigenvalue weighted by atomic mass is 19.1. The Kier molecular flexibility index (Phi) is 3.68. The number of allylic oxidation sites excluding steroid dienone is 2. The average molecular weight is 273 g/mol. The van der Waals surface area contributed by atoms with Gasteiger partial charge < -0.3 is 5.32 Å². The SMILES string of the molecule is Cc1cc(CNC(C)C2CC3C=CC2C3)cc(C)c1F. The van der Waals surface area contributed by atoms with Gasteiger partial charge in [0, 0.05) is 12.6 Å². The second-order valence-corrected chi connectivity index (χ2v) is 6.66. The molecule has 2 aliphatic rings. The van der Waals surface area contributed by atoms with Crippen molar-refractivity contribution in [1.82, 2.24) is 5.32 Å². The number of halogens is 1. The molecule has 0 radical (unpaired) electrons. The molecule has 2 aliphatic carbocycles. The quantitative estimate of drug-likeness (QED) is 0.813. The van der Waals surface area contributed by atoms with Gasteiger partial charge in [-0.3, -0.25) is 0 Å². The van der Waals surface area contributed by atoms with E-state index < -0.39 is 0 Å². The molecule has 1 saturated carbocycles. The summed E-state index contributed by atoms with van der Waals surface area (Å²) in [5, 5.41) is 3.64. The van der Waals surface area contributed by atoms with Crippen LogP contribution in [-0.2, 0) is 6.54 Å². The first-order valence-electron chi connectivity index (χ1n) is 7.72. The van der Waals surface area contributed by atoms with Crippen LogP contribution in [-0.4, -0.2) is 6.04 Å². The van der Waals surface area contributed by atoms with Gasteiger partial charge >= 0.3 is 0 Å². The summed E-state index contributed by atoms with van der Waals surface area (Å²) >= 11 is 0. The zero-order valence-electron chi connectivity index (χ0n) is 12.6. The van der Waals surface area contributed by atoms with E-state index >= 15 is 0 Å². The number of rotatable bonds is 4. The molecule has 3 rings (SSSR count). The van der Waals surface area contributed by atoms with E-state index in [1.165, 1.54) is 18.4 Å². The first kappa shape index (κ1) is 13.8. The van der Waals surface area contributed by atoms with Gasteiger partial charge in [-0.1, -0.05) is 24.3 Å².